The van der Waals surface area contributed by atoms with E-state index in [0.29, 0.717) is 0 Å². The summed E-state index contributed by atoms with van der Waals surface area (Å²) in [5, 5.41) is 0. The first-order chi connectivity index (χ1) is 5.11. The SMILES string of the molecule is [CH3][Sn]([CH3])([CH3])[CH]1C=CC=CC=C1. The molecule has 0 amide bonds. The Labute approximate surface area is 73.6 Å². The van der Waals surface area contributed by atoms with Crippen LogP contribution in [0.3, 0.4) is 0 Å². The van der Waals surface area contributed by atoms with Crippen LogP contribution in [0.25, 0.3) is 0 Å². The van der Waals surface area contributed by atoms with Crippen LogP contribution < -0.4 is 0 Å². The number of rotatable bonds is 1. The van der Waals surface area contributed by atoms with Gasteiger partial charge in [0.05, 0.1) is 0 Å². The first-order valence-electron chi connectivity index (χ1n) is 4.12. The molecule has 0 aromatic heterocycles. The fourth-order valence-electron chi connectivity index (χ4n) is 1.14. The Morgan fingerprint density at radius 2 is 1.27 bits per heavy atom. The molecule has 11 heavy (non-hydrogen) atoms. The van der Waals surface area contributed by atoms with E-state index in [1.54, 1.807) is 0 Å². The molecule has 0 unspecified atom stereocenters. The minimum absolute atomic E-state index is 0.777. The first-order valence-corrected chi connectivity index (χ1v) is 14.3. The van der Waals surface area contributed by atoms with E-state index in [1.807, 2.05) is 0 Å². The number of hydrogen-bond acceptors (Lipinski definition) is 0. The fourth-order valence-corrected chi connectivity index (χ4v) is 5.07. The zero-order valence-electron chi connectivity index (χ0n) is 7.54. The molecule has 0 atom stereocenters. The van der Waals surface area contributed by atoms with Gasteiger partial charge in [-0.2, -0.15) is 0 Å². The van der Waals surface area contributed by atoms with Crippen LogP contribution in [-0.2, 0) is 0 Å². The van der Waals surface area contributed by atoms with Crippen molar-refractivity contribution in [1.29, 1.82) is 0 Å². The third-order valence-electron chi connectivity index (χ3n) is 1.97. The predicted octanol–water partition coefficient (Wildman–Crippen LogP) is 3.38. The van der Waals surface area contributed by atoms with Crippen LogP contribution >= 0.6 is 0 Å². The van der Waals surface area contributed by atoms with Crippen molar-refractivity contribution in [2.24, 2.45) is 0 Å². The van der Waals surface area contributed by atoms with E-state index in [2.05, 4.69) is 51.3 Å². The molecule has 0 saturated heterocycles. The second-order valence-corrected chi connectivity index (χ2v) is 19.5. The molecule has 0 bridgehead atoms. The molecule has 1 aliphatic rings. The van der Waals surface area contributed by atoms with E-state index in [0.717, 1.165) is 3.93 Å². The van der Waals surface area contributed by atoms with Gasteiger partial charge in [-0.15, -0.1) is 0 Å². The molecule has 60 valence electrons. The molecule has 0 aromatic rings. The average Bonchev–Trinajstić information content (AvgIpc) is 2.10. The second-order valence-electron chi connectivity index (χ2n) is 4.05. The normalized spacial score (nSPS) is 18.8. The Hall–Kier alpha value is 0.0187. The summed E-state index contributed by atoms with van der Waals surface area (Å²) in [4.78, 5) is 7.41. The summed E-state index contributed by atoms with van der Waals surface area (Å²) in [5.74, 6) is 0. The van der Waals surface area contributed by atoms with Gasteiger partial charge in [0.15, 0.2) is 0 Å². The summed E-state index contributed by atoms with van der Waals surface area (Å²) in [6, 6.07) is 0. The van der Waals surface area contributed by atoms with Gasteiger partial charge in [0.25, 0.3) is 0 Å². The molecule has 0 heterocycles. The molecule has 0 aliphatic heterocycles. The number of hydrogen-bond donors (Lipinski definition) is 0. The van der Waals surface area contributed by atoms with Crippen molar-refractivity contribution in [2.45, 2.75) is 18.8 Å². The summed E-state index contributed by atoms with van der Waals surface area (Å²) < 4.78 is 0.777. The Morgan fingerprint density at radius 3 is 1.64 bits per heavy atom. The molecular weight excluding hydrogens is 239 g/mol. The van der Waals surface area contributed by atoms with Gasteiger partial charge in [-0.1, -0.05) is 0 Å². The van der Waals surface area contributed by atoms with Crippen molar-refractivity contribution >= 4 is 18.4 Å². The van der Waals surface area contributed by atoms with Crippen molar-refractivity contribution in [3.63, 3.8) is 0 Å². The Kier molecular flexibility index (Phi) is 2.99. The molecule has 0 N–H and O–H groups in total. The van der Waals surface area contributed by atoms with Crippen LogP contribution in [0.15, 0.2) is 36.5 Å². The van der Waals surface area contributed by atoms with Crippen LogP contribution in [0, 0.1) is 0 Å². The van der Waals surface area contributed by atoms with E-state index >= 15 is 0 Å². The van der Waals surface area contributed by atoms with Crippen molar-refractivity contribution < 1.29 is 0 Å². The summed E-state index contributed by atoms with van der Waals surface area (Å²) in [6.45, 7) is 0. The van der Waals surface area contributed by atoms with E-state index < -0.39 is 18.4 Å². The summed E-state index contributed by atoms with van der Waals surface area (Å²) in [6.07, 6.45) is 13.2. The molecule has 1 rings (SSSR count). The predicted molar refractivity (Wildman–Crippen MR) is 54.5 cm³/mol. The molecule has 1 heteroatoms. The summed E-state index contributed by atoms with van der Waals surface area (Å²) >= 11 is -1.69. The van der Waals surface area contributed by atoms with E-state index in [1.165, 1.54) is 0 Å². The molecule has 0 spiro atoms. The van der Waals surface area contributed by atoms with Crippen molar-refractivity contribution in [2.75, 3.05) is 0 Å². The van der Waals surface area contributed by atoms with Gasteiger partial charge in [0.1, 0.15) is 0 Å². The third kappa shape index (κ3) is 2.86. The monoisotopic (exact) mass is 256 g/mol. The zero-order valence-corrected chi connectivity index (χ0v) is 10.4. The van der Waals surface area contributed by atoms with Crippen LogP contribution in [0.5, 0.6) is 0 Å². The van der Waals surface area contributed by atoms with Crippen LogP contribution in [0.4, 0.5) is 0 Å². The van der Waals surface area contributed by atoms with Crippen molar-refractivity contribution in [1.82, 2.24) is 0 Å². The van der Waals surface area contributed by atoms with Crippen molar-refractivity contribution in [3.8, 4) is 0 Å². The molecule has 0 saturated carbocycles. The molecular formula is C10H16Sn. The van der Waals surface area contributed by atoms with Crippen molar-refractivity contribution in [3.05, 3.63) is 36.5 Å². The molecule has 0 radical (unpaired) electrons. The standard InChI is InChI=1S/C7H7.3CH3.Sn/c1-2-4-6-7-5-3-1;;;;/h1-7H;3*1H3;. The third-order valence-corrected chi connectivity index (χ3v) is 8.78. The quantitative estimate of drug-likeness (QED) is 0.630. The summed E-state index contributed by atoms with van der Waals surface area (Å²) in [5.41, 5.74) is 0. The van der Waals surface area contributed by atoms with Gasteiger partial charge in [0.2, 0.25) is 0 Å². The Morgan fingerprint density at radius 1 is 0.818 bits per heavy atom. The second kappa shape index (κ2) is 3.61. The Balaban J connectivity index is 2.75. The fraction of sp³-hybridized carbons (Fsp3) is 0.400. The van der Waals surface area contributed by atoms with Gasteiger partial charge < -0.3 is 0 Å². The minimum atomic E-state index is -1.69. The van der Waals surface area contributed by atoms with Crippen LogP contribution in [0.2, 0.25) is 18.8 Å². The average molecular weight is 255 g/mol. The van der Waals surface area contributed by atoms with Crippen LogP contribution in [0.1, 0.15) is 0 Å². The van der Waals surface area contributed by atoms with Gasteiger partial charge in [-0.3, -0.25) is 0 Å². The molecule has 0 aromatic carbocycles. The van der Waals surface area contributed by atoms with E-state index in [-0.39, 0.29) is 0 Å². The van der Waals surface area contributed by atoms with E-state index in [9.17, 15) is 0 Å². The van der Waals surface area contributed by atoms with E-state index in [4.69, 9.17) is 0 Å². The zero-order chi connectivity index (χ0) is 8.32. The topological polar surface area (TPSA) is 0 Å². The van der Waals surface area contributed by atoms with Gasteiger partial charge in [-0.05, 0) is 0 Å². The molecule has 0 nitrogen and oxygen atoms in total. The Bertz CT molecular complexity index is 187. The van der Waals surface area contributed by atoms with Crippen LogP contribution in [-0.4, -0.2) is 18.4 Å². The maximum atomic E-state index is 2.47. The van der Waals surface area contributed by atoms with Gasteiger partial charge in [0, 0.05) is 0 Å². The molecule has 0 fully saturated rings. The maximum absolute atomic E-state index is 2.47. The van der Waals surface area contributed by atoms with Gasteiger partial charge >= 0.3 is 73.6 Å². The number of allylic oxidation sites excluding steroid dienone is 6. The summed E-state index contributed by atoms with van der Waals surface area (Å²) in [7, 11) is 0. The van der Waals surface area contributed by atoms with Gasteiger partial charge in [-0.25, -0.2) is 0 Å². The first kappa shape index (κ1) is 9.11. The molecule has 1 aliphatic carbocycles.